The van der Waals surface area contributed by atoms with Crippen LogP contribution in [-0.4, -0.2) is 66.8 Å². The smallest absolute Gasteiger partial charge is 0.289 e. The molecule has 11 nitrogen and oxygen atoms in total. The van der Waals surface area contributed by atoms with E-state index in [0.29, 0.717) is 23.3 Å². The number of aromatic nitrogens is 2. The molecule has 2 atom stereocenters. The molecule has 1 aromatic carbocycles. The van der Waals surface area contributed by atoms with Gasteiger partial charge in [0.25, 0.3) is 11.8 Å². The van der Waals surface area contributed by atoms with E-state index in [9.17, 15) is 19.2 Å². The third kappa shape index (κ3) is 6.67. The number of nitrogens with one attached hydrogen (secondary N) is 4. The molecular weight excluding hydrogens is 490 g/mol. The average Bonchev–Trinajstić information content (AvgIpc) is 3.36. The lowest BCUT2D eigenvalue weighted by atomic mass is 9.99. The number of carbonyl (C=O) groups excluding carboxylic acids is 4. The molecule has 2 heterocycles. The van der Waals surface area contributed by atoms with E-state index in [4.69, 9.17) is 9.47 Å². The summed E-state index contributed by atoms with van der Waals surface area (Å²) < 4.78 is 10.6. The lowest BCUT2D eigenvalue weighted by Gasteiger charge is -2.24. The summed E-state index contributed by atoms with van der Waals surface area (Å²) in [5.41, 5.74) is 1.50. The van der Waals surface area contributed by atoms with Crippen LogP contribution >= 0.6 is 0 Å². The molecule has 0 aliphatic heterocycles. The van der Waals surface area contributed by atoms with E-state index in [1.807, 2.05) is 19.9 Å². The summed E-state index contributed by atoms with van der Waals surface area (Å²) in [6, 6.07) is 8.24. The molecule has 38 heavy (non-hydrogen) atoms. The highest BCUT2D eigenvalue weighted by Gasteiger charge is 2.31. The van der Waals surface area contributed by atoms with Gasteiger partial charge in [0.1, 0.15) is 23.5 Å². The average molecular weight is 524 g/mol. The molecule has 3 aromatic rings. The lowest BCUT2D eigenvalue weighted by molar-refractivity contribution is -0.140. The Morgan fingerprint density at radius 3 is 2.42 bits per heavy atom. The van der Waals surface area contributed by atoms with E-state index in [1.54, 1.807) is 37.4 Å². The number of fused-ring (bicyclic) bond motifs is 1. The van der Waals surface area contributed by atoms with Crippen molar-refractivity contribution in [2.45, 2.75) is 38.8 Å². The highest BCUT2D eigenvalue weighted by Crippen LogP contribution is 2.26. The van der Waals surface area contributed by atoms with Crippen LogP contribution in [0.25, 0.3) is 10.9 Å². The van der Waals surface area contributed by atoms with Gasteiger partial charge in [-0.3, -0.25) is 19.2 Å². The number of ketones is 1. The van der Waals surface area contributed by atoms with Gasteiger partial charge in [-0.25, -0.2) is 4.98 Å². The van der Waals surface area contributed by atoms with Gasteiger partial charge in [-0.1, -0.05) is 26.0 Å². The van der Waals surface area contributed by atoms with Crippen LogP contribution in [0.5, 0.6) is 11.6 Å². The van der Waals surface area contributed by atoms with Crippen molar-refractivity contribution in [2.75, 3.05) is 21.3 Å². The molecule has 3 amide bonds. The van der Waals surface area contributed by atoms with Crippen molar-refractivity contribution < 1.29 is 28.7 Å². The van der Waals surface area contributed by atoms with Crippen LogP contribution in [0.3, 0.4) is 0 Å². The topological polar surface area (TPSA) is 152 Å². The normalized spacial score (nSPS) is 12.5. The van der Waals surface area contributed by atoms with Crippen LogP contribution in [0, 0.1) is 5.92 Å². The summed E-state index contributed by atoms with van der Waals surface area (Å²) in [5, 5.41) is 8.45. The zero-order valence-corrected chi connectivity index (χ0v) is 22.1. The second kappa shape index (κ2) is 12.7. The van der Waals surface area contributed by atoms with Crippen molar-refractivity contribution in [3.05, 3.63) is 53.9 Å². The maximum Gasteiger partial charge on any atom is 0.289 e. The fourth-order valence-corrected chi connectivity index (χ4v) is 4.11. The van der Waals surface area contributed by atoms with Gasteiger partial charge >= 0.3 is 0 Å². The molecule has 4 N–H and O–H groups in total. The number of aromatic amines is 1. The molecule has 0 aliphatic carbocycles. The highest BCUT2D eigenvalue weighted by molar-refractivity contribution is 6.38. The van der Waals surface area contributed by atoms with E-state index in [1.165, 1.54) is 20.4 Å². The van der Waals surface area contributed by atoms with Gasteiger partial charge < -0.3 is 30.4 Å². The number of nitrogens with zero attached hydrogens (tertiary/aromatic N) is 1. The largest absolute Gasteiger partial charge is 0.496 e. The minimum absolute atomic E-state index is 0.0286. The summed E-state index contributed by atoms with van der Waals surface area (Å²) in [5.74, 6) is -1.84. The molecule has 11 heteroatoms. The van der Waals surface area contributed by atoms with Gasteiger partial charge in [0.05, 0.1) is 14.2 Å². The van der Waals surface area contributed by atoms with E-state index < -0.39 is 35.6 Å². The quantitative estimate of drug-likeness (QED) is 0.264. The molecule has 2 unspecified atom stereocenters. The molecule has 0 aliphatic rings. The van der Waals surface area contributed by atoms with Crippen molar-refractivity contribution >= 4 is 34.4 Å². The molecule has 3 rings (SSSR count). The molecule has 2 aromatic heterocycles. The maximum atomic E-state index is 13.4. The zero-order chi connectivity index (χ0) is 27.8. The van der Waals surface area contributed by atoms with Gasteiger partial charge in [-0.15, -0.1) is 0 Å². The summed E-state index contributed by atoms with van der Waals surface area (Å²) in [7, 11) is 4.32. The summed E-state index contributed by atoms with van der Waals surface area (Å²) in [6.45, 7) is 3.82. The number of Topliss-reactive ketones (excluding diaryl/α,β-unsaturated/α-hetero) is 1. The van der Waals surface area contributed by atoms with E-state index in [2.05, 4.69) is 25.9 Å². The first-order valence-corrected chi connectivity index (χ1v) is 12.2. The second-order valence-electron chi connectivity index (χ2n) is 9.14. The fraction of sp³-hybridized carbons (Fsp3) is 0.370. The van der Waals surface area contributed by atoms with Gasteiger partial charge in [0, 0.05) is 36.1 Å². The Kier molecular flexibility index (Phi) is 9.42. The number of amides is 3. The Bertz CT molecular complexity index is 1320. The standard InChI is InChI=1S/C27H33N5O6/c1-15(2)12-20(32-25(35)21-14-17-18(30-21)9-6-10-22(17)37-4)24(34)31-19(23(33)26(36)28-3)13-16-8-7-11-29-27(16)38-5/h6-11,14-15,19-20,30H,12-13H2,1-5H3,(H,28,36)(H,31,34)(H,32,35). The molecule has 0 spiro atoms. The fourth-order valence-electron chi connectivity index (χ4n) is 4.11. The van der Waals surface area contributed by atoms with Crippen LogP contribution in [0.15, 0.2) is 42.6 Å². The molecule has 0 saturated heterocycles. The van der Waals surface area contributed by atoms with Crippen LogP contribution in [0.4, 0.5) is 0 Å². The number of H-pyrrole nitrogens is 1. The van der Waals surface area contributed by atoms with Crippen molar-refractivity contribution in [3.8, 4) is 11.6 Å². The first-order chi connectivity index (χ1) is 18.2. The minimum atomic E-state index is -1.20. The maximum absolute atomic E-state index is 13.4. The van der Waals surface area contributed by atoms with E-state index in [-0.39, 0.29) is 23.9 Å². The number of likely N-dealkylation sites (N-methyl/N-ethyl adjacent to an activating group) is 1. The zero-order valence-electron chi connectivity index (χ0n) is 22.1. The monoisotopic (exact) mass is 523 g/mol. The number of hydrogen-bond acceptors (Lipinski definition) is 7. The van der Waals surface area contributed by atoms with Gasteiger partial charge in [0.2, 0.25) is 17.6 Å². The molecule has 0 radical (unpaired) electrons. The number of ether oxygens (including phenoxy) is 2. The first kappa shape index (κ1) is 28.2. The second-order valence-corrected chi connectivity index (χ2v) is 9.14. The van der Waals surface area contributed by atoms with Crippen molar-refractivity contribution in [2.24, 2.45) is 5.92 Å². The van der Waals surface area contributed by atoms with E-state index >= 15 is 0 Å². The Balaban J connectivity index is 1.84. The van der Waals surface area contributed by atoms with Crippen LogP contribution in [-0.2, 0) is 20.8 Å². The third-order valence-electron chi connectivity index (χ3n) is 5.97. The SMILES string of the molecule is CNC(=O)C(=O)C(Cc1cccnc1OC)NC(=O)C(CC(C)C)NC(=O)c1cc2c(OC)cccc2[nH]1. The predicted molar refractivity (Wildman–Crippen MR) is 141 cm³/mol. The van der Waals surface area contributed by atoms with Crippen LogP contribution in [0.2, 0.25) is 0 Å². The number of pyridine rings is 1. The molecule has 0 saturated carbocycles. The number of carbonyl (C=O) groups is 4. The minimum Gasteiger partial charge on any atom is -0.496 e. The Morgan fingerprint density at radius 1 is 1.00 bits per heavy atom. The number of benzene rings is 1. The van der Waals surface area contributed by atoms with E-state index in [0.717, 1.165) is 5.39 Å². The number of hydrogen-bond donors (Lipinski definition) is 4. The number of rotatable bonds is 12. The van der Waals surface area contributed by atoms with Crippen LogP contribution < -0.4 is 25.4 Å². The summed E-state index contributed by atoms with van der Waals surface area (Å²) in [6.07, 6.45) is 1.81. The molecular formula is C27H33N5O6. The van der Waals surface area contributed by atoms with Crippen LogP contribution in [0.1, 0.15) is 36.3 Å². The van der Waals surface area contributed by atoms with Crippen molar-refractivity contribution in [1.29, 1.82) is 0 Å². The number of methoxy groups -OCH3 is 2. The van der Waals surface area contributed by atoms with Crippen molar-refractivity contribution in [1.82, 2.24) is 25.9 Å². The van der Waals surface area contributed by atoms with Gasteiger partial charge in [0.15, 0.2) is 0 Å². The van der Waals surface area contributed by atoms with Gasteiger partial charge in [-0.05, 0) is 36.6 Å². The summed E-state index contributed by atoms with van der Waals surface area (Å²) in [4.78, 5) is 58.8. The third-order valence-corrected chi connectivity index (χ3v) is 5.97. The Morgan fingerprint density at radius 2 is 1.76 bits per heavy atom. The molecule has 0 fully saturated rings. The highest BCUT2D eigenvalue weighted by atomic mass is 16.5. The molecule has 202 valence electrons. The van der Waals surface area contributed by atoms with Crippen molar-refractivity contribution in [3.63, 3.8) is 0 Å². The van der Waals surface area contributed by atoms with Gasteiger partial charge in [-0.2, -0.15) is 0 Å². The lowest BCUT2D eigenvalue weighted by Crippen LogP contribution is -2.54. The Labute approximate surface area is 220 Å². The predicted octanol–water partition coefficient (Wildman–Crippen LogP) is 1.77. The summed E-state index contributed by atoms with van der Waals surface area (Å²) >= 11 is 0. The Hall–Kier alpha value is -4.41. The molecule has 0 bridgehead atoms. The first-order valence-electron chi connectivity index (χ1n) is 12.2.